The molecule has 2 unspecified atom stereocenters. The summed E-state index contributed by atoms with van der Waals surface area (Å²) in [5.41, 5.74) is 0. The Balaban J connectivity index is 0.00000180. The Morgan fingerprint density at radius 3 is 2.95 bits per heavy atom. The second kappa shape index (κ2) is 8.35. The molecule has 6 heteroatoms. The van der Waals surface area contributed by atoms with E-state index in [4.69, 9.17) is 4.74 Å². The lowest BCUT2D eigenvalue weighted by Gasteiger charge is -2.35. The van der Waals surface area contributed by atoms with Gasteiger partial charge in [0, 0.05) is 43.1 Å². The third-order valence-corrected chi connectivity index (χ3v) is 5.15. The fraction of sp³-hybridized carbons (Fsp3) is 0.923. The minimum absolute atomic E-state index is 0. The summed E-state index contributed by atoms with van der Waals surface area (Å²) in [7, 11) is 0. The zero-order chi connectivity index (χ0) is 13.0. The number of thioether (sulfide) groups is 1. The van der Waals surface area contributed by atoms with Crippen molar-refractivity contribution in [3.8, 4) is 0 Å². The van der Waals surface area contributed by atoms with E-state index in [1.54, 1.807) is 0 Å². The molecule has 2 fully saturated rings. The zero-order valence-electron chi connectivity index (χ0n) is 11.8. The lowest BCUT2D eigenvalue weighted by atomic mass is 10.1. The molecule has 0 saturated carbocycles. The minimum atomic E-state index is 0. The van der Waals surface area contributed by atoms with E-state index in [0.29, 0.717) is 24.2 Å². The summed E-state index contributed by atoms with van der Waals surface area (Å²) < 4.78 is 5.39. The van der Waals surface area contributed by atoms with Crippen molar-refractivity contribution in [2.45, 2.75) is 31.6 Å². The van der Waals surface area contributed by atoms with Crippen LogP contribution in [0.4, 0.5) is 0 Å². The molecular weight excluding hydrogens is 284 g/mol. The molecule has 112 valence electrons. The van der Waals surface area contributed by atoms with Crippen LogP contribution < -0.4 is 5.32 Å². The van der Waals surface area contributed by atoms with Crippen LogP contribution in [0, 0.1) is 5.92 Å². The molecule has 0 aromatic rings. The Kier molecular flexibility index (Phi) is 7.50. The van der Waals surface area contributed by atoms with Crippen molar-refractivity contribution in [3.05, 3.63) is 0 Å². The Bertz CT molecular complexity index is 286. The highest BCUT2D eigenvalue weighted by molar-refractivity contribution is 8.00. The second-order valence-electron chi connectivity index (χ2n) is 5.42. The van der Waals surface area contributed by atoms with Gasteiger partial charge in [-0.05, 0) is 5.92 Å². The van der Waals surface area contributed by atoms with E-state index in [1.165, 1.54) is 0 Å². The molecule has 0 aromatic carbocycles. The van der Waals surface area contributed by atoms with Crippen LogP contribution in [-0.4, -0.2) is 60.7 Å². The van der Waals surface area contributed by atoms with E-state index >= 15 is 0 Å². The standard InChI is InChI=1S/C13H24N2O2S.ClH/c1-10(2)12-8-15(4-6-18-12)13(16)7-11-9-17-5-3-14-11;/h10-12,14H,3-9H2,1-2H3;1H. The first-order valence-corrected chi connectivity index (χ1v) is 7.92. The van der Waals surface area contributed by atoms with Gasteiger partial charge < -0.3 is 15.0 Å². The van der Waals surface area contributed by atoms with E-state index < -0.39 is 0 Å². The van der Waals surface area contributed by atoms with E-state index in [1.807, 2.05) is 16.7 Å². The first-order valence-electron chi connectivity index (χ1n) is 6.87. The Labute approximate surface area is 126 Å². The van der Waals surface area contributed by atoms with Crippen molar-refractivity contribution in [1.82, 2.24) is 10.2 Å². The zero-order valence-corrected chi connectivity index (χ0v) is 13.4. The van der Waals surface area contributed by atoms with Crippen LogP contribution >= 0.6 is 24.2 Å². The Morgan fingerprint density at radius 1 is 1.53 bits per heavy atom. The van der Waals surface area contributed by atoms with Gasteiger partial charge in [0.25, 0.3) is 0 Å². The van der Waals surface area contributed by atoms with Crippen molar-refractivity contribution < 1.29 is 9.53 Å². The number of amides is 1. The predicted octanol–water partition coefficient (Wildman–Crippen LogP) is 1.39. The van der Waals surface area contributed by atoms with Crippen LogP contribution in [0.3, 0.4) is 0 Å². The monoisotopic (exact) mass is 308 g/mol. The molecule has 0 bridgehead atoms. The molecule has 2 atom stereocenters. The predicted molar refractivity (Wildman–Crippen MR) is 82.1 cm³/mol. The molecule has 2 rings (SSSR count). The topological polar surface area (TPSA) is 41.6 Å². The van der Waals surface area contributed by atoms with Gasteiger partial charge in [-0.1, -0.05) is 13.8 Å². The lowest BCUT2D eigenvalue weighted by molar-refractivity contribution is -0.132. The van der Waals surface area contributed by atoms with Gasteiger partial charge in [-0.25, -0.2) is 0 Å². The largest absolute Gasteiger partial charge is 0.378 e. The third kappa shape index (κ3) is 5.14. The summed E-state index contributed by atoms with van der Waals surface area (Å²) in [6.45, 7) is 8.59. The maximum absolute atomic E-state index is 12.3. The first-order chi connectivity index (χ1) is 8.66. The number of nitrogens with zero attached hydrogens (tertiary/aromatic N) is 1. The number of rotatable bonds is 3. The van der Waals surface area contributed by atoms with E-state index in [0.717, 1.165) is 32.0 Å². The van der Waals surface area contributed by atoms with Gasteiger partial charge in [0.15, 0.2) is 0 Å². The number of hydrogen-bond donors (Lipinski definition) is 1. The number of ether oxygens (including phenoxy) is 1. The molecule has 2 heterocycles. The lowest BCUT2D eigenvalue weighted by Crippen LogP contribution is -2.48. The van der Waals surface area contributed by atoms with Crippen LogP contribution in [0.15, 0.2) is 0 Å². The highest BCUT2D eigenvalue weighted by atomic mass is 35.5. The smallest absolute Gasteiger partial charge is 0.224 e. The number of carbonyl (C=O) groups excluding carboxylic acids is 1. The molecule has 2 aliphatic heterocycles. The molecule has 19 heavy (non-hydrogen) atoms. The van der Waals surface area contributed by atoms with Gasteiger partial charge >= 0.3 is 0 Å². The number of hydrogen-bond acceptors (Lipinski definition) is 4. The van der Waals surface area contributed by atoms with Gasteiger partial charge in [0.2, 0.25) is 5.91 Å². The van der Waals surface area contributed by atoms with Crippen molar-refractivity contribution >= 4 is 30.1 Å². The Morgan fingerprint density at radius 2 is 2.32 bits per heavy atom. The van der Waals surface area contributed by atoms with E-state index in [2.05, 4.69) is 19.2 Å². The maximum Gasteiger partial charge on any atom is 0.224 e. The Hall–Kier alpha value is 0.0300. The maximum atomic E-state index is 12.3. The van der Waals surface area contributed by atoms with Crippen molar-refractivity contribution in [2.24, 2.45) is 5.92 Å². The number of morpholine rings is 1. The average molecular weight is 309 g/mol. The van der Waals surface area contributed by atoms with E-state index in [9.17, 15) is 4.79 Å². The minimum Gasteiger partial charge on any atom is -0.378 e. The van der Waals surface area contributed by atoms with Crippen molar-refractivity contribution in [3.63, 3.8) is 0 Å². The quantitative estimate of drug-likeness (QED) is 0.855. The van der Waals surface area contributed by atoms with Gasteiger partial charge in [-0.3, -0.25) is 4.79 Å². The molecule has 4 nitrogen and oxygen atoms in total. The van der Waals surface area contributed by atoms with Crippen LogP contribution in [-0.2, 0) is 9.53 Å². The molecule has 2 saturated heterocycles. The SMILES string of the molecule is CC(C)C1CN(C(=O)CC2COCCN2)CCS1.Cl. The molecule has 1 amide bonds. The highest BCUT2D eigenvalue weighted by Crippen LogP contribution is 2.25. The average Bonchev–Trinajstić information content (AvgIpc) is 2.40. The summed E-state index contributed by atoms with van der Waals surface area (Å²) in [5, 5.41) is 3.94. The third-order valence-electron chi connectivity index (χ3n) is 3.61. The van der Waals surface area contributed by atoms with Crippen LogP contribution in [0.25, 0.3) is 0 Å². The fourth-order valence-corrected chi connectivity index (χ4v) is 3.69. The molecule has 0 aliphatic carbocycles. The van der Waals surface area contributed by atoms with Gasteiger partial charge in [0.05, 0.1) is 13.2 Å². The summed E-state index contributed by atoms with van der Waals surface area (Å²) in [6.07, 6.45) is 0.579. The highest BCUT2D eigenvalue weighted by Gasteiger charge is 2.27. The van der Waals surface area contributed by atoms with Crippen LogP contribution in [0.2, 0.25) is 0 Å². The summed E-state index contributed by atoms with van der Waals surface area (Å²) in [4.78, 5) is 14.3. The van der Waals surface area contributed by atoms with Gasteiger partial charge in [0.1, 0.15) is 0 Å². The molecule has 1 N–H and O–H groups in total. The van der Waals surface area contributed by atoms with Gasteiger partial charge in [-0.15, -0.1) is 12.4 Å². The fourth-order valence-electron chi connectivity index (χ4n) is 2.40. The summed E-state index contributed by atoms with van der Waals surface area (Å²) in [5.74, 6) is 1.99. The molecule has 0 spiro atoms. The van der Waals surface area contributed by atoms with Crippen molar-refractivity contribution in [2.75, 3.05) is 38.6 Å². The normalized spacial score (nSPS) is 28.1. The van der Waals surface area contributed by atoms with E-state index in [-0.39, 0.29) is 24.4 Å². The number of halogens is 1. The van der Waals surface area contributed by atoms with Crippen LogP contribution in [0.1, 0.15) is 20.3 Å². The molecular formula is C13H25ClN2O2S. The number of nitrogens with one attached hydrogen (secondary N) is 1. The molecule has 2 aliphatic rings. The molecule has 0 radical (unpaired) electrons. The molecule has 0 aromatic heterocycles. The van der Waals surface area contributed by atoms with Crippen LogP contribution in [0.5, 0.6) is 0 Å². The van der Waals surface area contributed by atoms with Crippen molar-refractivity contribution in [1.29, 1.82) is 0 Å². The van der Waals surface area contributed by atoms with Gasteiger partial charge in [-0.2, -0.15) is 11.8 Å². The second-order valence-corrected chi connectivity index (χ2v) is 6.77. The summed E-state index contributed by atoms with van der Waals surface area (Å²) >= 11 is 2.00. The first kappa shape index (κ1) is 17.1. The number of carbonyl (C=O) groups is 1. The summed E-state index contributed by atoms with van der Waals surface area (Å²) in [6, 6.07) is 0.207.